The fraction of sp³-hybridized carbons (Fsp3) is 0.333. The molecule has 1 rings (SSSR count). The molecule has 0 saturated carbocycles. The molecule has 0 aromatic heterocycles. The highest BCUT2D eigenvalue weighted by molar-refractivity contribution is 5.19. The first-order valence-corrected chi connectivity index (χ1v) is 5.59. The van der Waals surface area contributed by atoms with Crippen LogP contribution in [0.2, 0.25) is 0 Å². The molecule has 0 aliphatic rings. The zero-order chi connectivity index (χ0) is 11.5. The van der Waals surface area contributed by atoms with Gasteiger partial charge in [-0.1, -0.05) is 48.2 Å². The van der Waals surface area contributed by atoms with Gasteiger partial charge < -0.3 is 4.74 Å². The van der Waals surface area contributed by atoms with Crippen LogP contribution in [0.4, 0.5) is 0 Å². The lowest BCUT2D eigenvalue weighted by molar-refractivity contribution is 0.204. The van der Waals surface area contributed by atoms with Gasteiger partial charge in [0.2, 0.25) is 0 Å². The number of methoxy groups -OCH3 is 1. The topological polar surface area (TPSA) is 9.23 Å². The summed E-state index contributed by atoms with van der Waals surface area (Å²) in [6.07, 6.45) is 6.82. The van der Waals surface area contributed by atoms with Gasteiger partial charge in [0.25, 0.3) is 0 Å². The largest absolute Gasteiger partial charge is 0.384 e. The number of aryl methyl sites for hydroxylation is 1. The van der Waals surface area contributed by atoms with Crippen molar-refractivity contribution in [2.45, 2.75) is 19.3 Å². The summed E-state index contributed by atoms with van der Waals surface area (Å²) in [7, 11) is 1.71. The third-order valence-electron chi connectivity index (χ3n) is 2.17. The van der Waals surface area contributed by atoms with E-state index >= 15 is 0 Å². The van der Waals surface area contributed by atoms with Crippen LogP contribution in [0.3, 0.4) is 0 Å². The standard InChI is InChI=1S/C15H18O/c1-16-14-10-5-3-2-4-7-11-15-12-8-6-9-13-15/h3,5-6,8-9,12-13H,7,10-11,14H2,1H3/b5-3+. The van der Waals surface area contributed by atoms with Crippen LogP contribution < -0.4 is 0 Å². The van der Waals surface area contributed by atoms with Crippen molar-refractivity contribution in [2.24, 2.45) is 0 Å². The van der Waals surface area contributed by atoms with Gasteiger partial charge >= 0.3 is 0 Å². The van der Waals surface area contributed by atoms with E-state index in [9.17, 15) is 0 Å². The third kappa shape index (κ3) is 6.06. The van der Waals surface area contributed by atoms with Gasteiger partial charge in [0.1, 0.15) is 0 Å². The number of rotatable bonds is 5. The van der Waals surface area contributed by atoms with Crippen molar-refractivity contribution in [1.82, 2.24) is 0 Å². The van der Waals surface area contributed by atoms with Gasteiger partial charge in [-0.05, 0) is 24.5 Å². The van der Waals surface area contributed by atoms with E-state index in [1.807, 2.05) is 18.2 Å². The molecule has 0 aliphatic heterocycles. The second kappa shape index (κ2) is 8.76. The molecule has 0 radical (unpaired) electrons. The van der Waals surface area contributed by atoms with Crippen LogP contribution in [0.5, 0.6) is 0 Å². The summed E-state index contributed by atoms with van der Waals surface area (Å²) in [6.45, 7) is 0.766. The Bertz CT molecular complexity index is 354. The first kappa shape index (κ1) is 12.5. The molecule has 0 N–H and O–H groups in total. The molecule has 0 spiro atoms. The van der Waals surface area contributed by atoms with E-state index in [4.69, 9.17) is 4.74 Å². The molecule has 0 amide bonds. The van der Waals surface area contributed by atoms with Crippen LogP contribution in [-0.2, 0) is 11.2 Å². The Hall–Kier alpha value is -1.52. The molecule has 0 saturated heterocycles. The first-order valence-electron chi connectivity index (χ1n) is 5.59. The fourth-order valence-corrected chi connectivity index (χ4v) is 1.31. The fourth-order valence-electron chi connectivity index (χ4n) is 1.31. The zero-order valence-corrected chi connectivity index (χ0v) is 9.78. The third-order valence-corrected chi connectivity index (χ3v) is 2.17. The summed E-state index contributed by atoms with van der Waals surface area (Å²) in [4.78, 5) is 0. The number of allylic oxidation sites excluding steroid dienone is 1. The molecule has 1 aromatic rings. The van der Waals surface area contributed by atoms with Crippen molar-refractivity contribution in [2.75, 3.05) is 13.7 Å². The molecule has 0 aliphatic carbocycles. The smallest absolute Gasteiger partial charge is 0.0497 e. The minimum atomic E-state index is 0.766. The summed E-state index contributed by atoms with van der Waals surface area (Å²) < 4.78 is 4.93. The zero-order valence-electron chi connectivity index (χ0n) is 9.78. The van der Waals surface area contributed by atoms with Crippen LogP contribution in [0, 0.1) is 11.8 Å². The average Bonchev–Trinajstić information content (AvgIpc) is 2.34. The monoisotopic (exact) mass is 214 g/mol. The summed E-state index contributed by atoms with van der Waals surface area (Å²) in [5.41, 5.74) is 1.35. The predicted molar refractivity (Wildman–Crippen MR) is 68.2 cm³/mol. The van der Waals surface area contributed by atoms with Crippen LogP contribution in [-0.4, -0.2) is 13.7 Å². The van der Waals surface area contributed by atoms with Gasteiger partial charge in [-0.25, -0.2) is 0 Å². The van der Waals surface area contributed by atoms with Crippen molar-refractivity contribution in [3.63, 3.8) is 0 Å². The normalized spacial score (nSPS) is 10.1. The van der Waals surface area contributed by atoms with E-state index in [2.05, 4.69) is 36.1 Å². The Balaban J connectivity index is 2.16. The minimum Gasteiger partial charge on any atom is -0.384 e. The van der Waals surface area contributed by atoms with Gasteiger partial charge in [0.15, 0.2) is 0 Å². The predicted octanol–water partition coefficient (Wildman–Crippen LogP) is 3.22. The van der Waals surface area contributed by atoms with Crippen molar-refractivity contribution < 1.29 is 4.74 Å². The van der Waals surface area contributed by atoms with Gasteiger partial charge in [-0.3, -0.25) is 0 Å². The second-order valence-corrected chi connectivity index (χ2v) is 3.49. The van der Waals surface area contributed by atoms with E-state index < -0.39 is 0 Å². The lowest BCUT2D eigenvalue weighted by atomic mass is 10.1. The number of ether oxygens (including phenoxy) is 1. The van der Waals surface area contributed by atoms with Crippen molar-refractivity contribution >= 4 is 0 Å². The lowest BCUT2D eigenvalue weighted by Gasteiger charge is -1.94. The first-order chi connectivity index (χ1) is 7.93. The van der Waals surface area contributed by atoms with Crippen LogP contribution >= 0.6 is 0 Å². The molecule has 0 heterocycles. The second-order valence-electron chi connectivity index (χ2n) is 3.49. The molecule has 0 fully saturated rings. The van der Waals surface area contributed by atoms with Crippen LogP contribution in [0.15, 0.2) is 42.5 Å². The molecule has 1 aromatic carbocycles. The molecule has 0 bridgehead atoms. The van der Waals surface area contributed by atoms with E-state index in [-0.39, 0.29) is 0 Å². The molecule has 84 valence electrons. The van der Waals surface area contributed by atoms with Crippen LogP contribution in [0.1, 0.15) is 18.4 Å². The maximum absolute atomic E-state index is 4.93. The molecular formula is C15H18O. The summed E-state index contributed by atoms with van der Waals surface area (Å²) in [5, 5.41) is 0. The van der Waals surface area contributed by atoms with Gasteiger partial charge in [-0.2, -0.15) is 0 Å². The molecule has 1 nitrogen and oxygen atoms in total. The quantitative estimate of drug-likeness (QED) is 0.540. The molecular weight excluding hydrogens is 196 g/mol. The highest BCUT2D eigenvalue weighted by Gasteiger charge is 1.86. The Morgan fingerprint density at radius 3 is 2.81 bits per heavy atom. The maximum Gasteiger partial charge on any atom is 0.0497 e. The van der Waals surface area contributed by atoms with E-state index in [1.54, 1.807) is 7.11 Å². The van der Waals surface area contributed by atoms with Gasteiger partial charge in [0, 0.05) is 20.1 Å². The SMILES string of the molecule is COCC/C=C/C#CCCc1ccccc1. The lowest BCUT2D eigenvalue weighted by Crippen LogP contribution is -1.83. The molecule has 0 unspecified atom stereocenters. The van der Waals surface area contributed by atoms with E-state index in [0.717, 1.165) is 25.9 Å². The highest BCUT2D eigenvalue weighted by Crippen LogP contribution is 2.01. The summed E-state index contributed by atoms with van der Waals surface area (Å²) >= 11 is 0. The average molecular weight is 214 g/mol. The van der Waals surface area contributed by atoms with Crippen molar-refractivity contribution in [1.29, 1.82) is 0 Å². The maximum atomic E-state index is 4.93. The minimum absolute atomic E-state index is 0.766. The Kier molecular flexibility index (Phi) is 6.87. The van der Waals surface area contributed by atoms with Gasteiger partial charge in [0.05, 0.1) is 0 Å². The van der Waals surface area contributed by atoms with Crippen LogP contribution in [0.25, 0.3) is 0 Å². The van der Waals surface area contributed by atoms with E-state index in [1.165, 1.54) is 5.56 Å². The van der Waals surface area contributed by atoms with E-state index in [0.29, 0.717) is 0 Å². The summed E-state index contributed by atoms with van der Waals surface area (Å²) in [5.74, 6) is 6.16. The Labute approximate surface area is 98.1 Å². The van der Waals surface area contributed by atoms with Crippen molar-refractivity contribution in [3.8, 4) is 11.8 Å². The summed E-state index contributed by atoms with van der Waals surface area (Å²) in [6, 6.07) is 10.4. The number of benzene rings is 1. The molecule has 1 heteroatoms. The number of hydrogen-bond acceptors (Lipinski definition) is 1. The highest BCUT2D eigenvalue weighted by atomic mass is 16.5. The van der Waals surface area contributed by atoms with Crippen molar-refractivity contribution in [3.05, 3.63) is 48.0 Å². The molecule has 0 atom stereocenters. The Morgan fingerprint density at radius 1 is 1.25 bits per heavy atom. The number of hydrogen-bond donors (Lipinski definition) is 0. The van der Waals surface area contributed by atoms with Gasteiger partial charge in [-0.15, -0.1) is 0 Å². The Morgan fingerprint density at radius 2 is 2.06 bits per heavy atom. The molecule has 16 heavy (non-hydrogen) atoms.